The van der Waals surface area contributed by atoms with Gasteiger partial charge in [-0.25, -0.2) is 0 Å². The zero-order chi connectivity index (χ0) is 27.2. The van der Waals surface area contributed by atoms with Crippen LogP contribution in [0.1, 0.15) is 40.9 Å². The average Bonchev–Trinajstić information content (AvgIpc) is 2.90. The Morgan fingerprint density at radius 2 is 1.49 bits per heavy atom. The zero-order valence-corrected chi connectivity index (χ0v) is 21.7. The molecule has 0 saturated heterocycles. The van der Waals surface area contributed by atoms with Crippen molar-refractivity contribution in [2.75, 3.05) is 46.1 Å². The molecule has 200 valence electrons. The van der Waals surface area contributed by atoms with Gasteiger partial charge in [-0.1, -0.05) is 32.2 Å². The van der Waals surface area contributed by atoms with E-state index in [1.54, 1.807) is 42.5 Å². The summed E-state index contributed by atoms with van der Waals surface area (Å²) in [7, 11) is 0. The van der Waals surface area contributed by atoms with Crippen molar-refractivity contribution < 1.29 is 34.0 Å². The second-order valence-electron chi connectivity index (χ2n) is 8.05. The summed E-state index contributed by atoms with van der Waals surface area (Å²) in [5.74, 6) is 0.751. The summed E-state index contributed by atoms with van der Waals surface area (Å²) < 4.78 is 17.3. The monoisotopic (exact) mass is 511 g/mol. The fourth-order valence-electron chi connectivity index (χ4n) is 3.98. The topological polar surface area (TPSA) is 106 Å². The van der Waals surface area contributed by atoms with Gasteiger partial charge in [-0.15, -0.1) is 0 Å². The first-order chi connectivity index (χ1) is 17.9. The van der Waals surface area contributed by atoms with Crippen molar-refractivity contribution in [2.24, 2.45) is 0 Å². The maximum absolute atomic E-state index is 13.9. The number of carbonyl (C=O) groups is 2. The average molecular weight is 512 g/mol. The number of benzene rings is 2. The highest BCUT2D eigenvalue weighted by Crippen LogP contribution is 2.37. The number of ether oxygens (including phenoxy) is 3. The van der Waals surface area contributed by atoms with Gasteiger partial charge in [0.25, 0.3) is 0 Å². The molecule has 37 heavy (non-hydrogen) atoms. The van der Waals surface area contributed by atoms with E-state index in [2.05, 4.69) is 13.2 Å². The Labute approximate surface area is 218 Å². The molecule has 0 aliphatic rings. The molecule has 2 aromatic carbocycles. The van der Waals surface area contributed by atoms with Crippen LogP contribution in [0, 0.1) is 0 Å². The Morgan fingerprint density at radius 1 is 0.892 bits per heavy atom. The first-order valence-electron chi connectivity index (χ1n) is 12.4. The standard InChI is InChI=1S/C29H37NO7/c1-5-17-36-25-20-26(37-18-6-2)28(29(34)21-9-11-22(12-10-21)35-8-4)24(23(25)7-3)19-27(33)30(13-15-31)14-16-32/h5-6,9-12,20,31-32H,1-2,7-8,13-19H2,3-4H3. The molecular weight excluding hydrogens is 474 g/mol. The van der Waals surface area contributed by atoms with Gasteiger partial charge in [0, 0.05) is 24.7 Å². The predicted molar refractivity (Wildman–Crippen MR) is 143 cm³/mol. The summed E-state index contributed by atoms with van der Waals surface area (Å²) in [6.07, 6.45) is 3.52. The molecule has 1 amide bonds. The van der Waals surface area contributed by atoms with E-state index < -0.39 is 0 Å². The number of hydrogen-bond donors (Lipinski definition) is 2. The van der Waals surface area contributed by atoms with Crippen LogP contribution in [0.25, 0.3) is 0 Å². The first-order valence-corrected chi connectivity index (χ1v) is 12.4. The summed E-state index contributed by atoms with van der Waals surface area (Å²) in [5, 5.41) is 18.8. The van der Waals surface area contributed by atoms with E-state index in [0.29, 0.717) is 41.2 Å². The van der Waals surface area contributed by atoms with E-state index >= 15 is 0 Å². The Balaban J connectivity index is 2.73. The van der Waals surface area contributed by atoms with Crippen molar-refractivity contribution in [2.45, 2.75) is 26.7 Å². The van der Waals surface area contributed by atoms with Gasteiger partial charge in [-0.3, -0.25) is 9.59 Å². The summed E-state index contributed by atoms with van der Waals surface area (Å²) in [6, 6.07) is 8.46. The lowest BCUT2D eigenvalue weighted by Gasteiger charge is -2.24. The molecule has 0 atom stereocenters. The Morgan fingerprint density at radius 3 is 2.00 bits per heavy atom. The molecule has 2 N–H and O–H groups in total. The van der Waals surface area contributed by atoms with Crippen LogP contribution >= 0.6 is 0 Å². The maximum Gasteiger partial charge on any atom is 0.227 e. The molecule has 0 fully saturated rings. The molecule has 0 bridgehead atoms. The molecular formula is C29H37NO7. The van der Waals surface area contributed by atoms with Crippen LogP contribution in [0.5, 0.6) is 17.2 Å². The van der Waals surface area contributed by atoms with Crippen LogP contribution in [0.4, 0.5) is 0 Å². The molecule has 0 aliphatic heterocycles. The number of carbonyl (C=O) groups excluding carboxylic acids is 2. The quantitative estimate of drug-likeness (QED) is 0.248. The normalized spacial score (nSPS) is 10.5. The van der Waals surface area contributed by atoms with E-state index in [-0.39, 0.29) is 68.9 Å². The third-order valence-electron chi connectivity index (χ3n) is 5.61. The van der Waals surface area contributed by atoms with E-state index in [0.717, 1.165) is 0 Å². The second kappa shape index (κ2) is 15.5. The Bertz CT molecular complexity index is 1060. The van der Waals surface area contributed by atoms with E-state index in [4.69, 9.17) is 14.2 Å². The van der Waals surface area contributed by atoms with Gasteiger partial charge in [0.15, 0.2) is 5.78 Å². The third-order valence-corrected chi connectivity index (χ3v) is 5.61. The highest BCUT2D eigenvalue weighted by atomic mass is 16.5. The Kier molecular flexibility index (Phi) is 12.4. The maximum atomic E-state index is 13.9. The first kappa shape index (κ1) is 29.6. The van der Waals surface area contributed by atoms with Crippen LogP contribution in [0.3, 0.4) is 0 Å². The lowest BCUT2D eigenvalue weighted by molar-refractivity contribution is -0.131. The SMILES string of the molecule is C=CCOc1cc(OCC=C)c(C(=O)c2ccc(OCC)cc2)c(CC(=O)N(CCO)CCO)c1CC. The van der Waals surface area contributed by atoms with E-state index in [1.165, 1.54) is 4.90 Å². The Hall–Kier alpha value is -3.62. The van der Waals surface area contributed by atoms with E-state index in [1.807, 2.05) is 13.8 Å². The molecule has 0 radical (unpaired) electrons. The van der Waals surface area contributed by atoms with Gasteiger partial charge in [-0.05, 0) is 48.7 Å². The number of hydrogen-bond acceptors (Lipinski definition) is 7. The smallest absolute Gasteiger partial charge is 0.227 e. The van der Waals surface area contributed by atoms with Crippen molar-refractivity contribution in [3.8, 4) is 17.2 Å². The number of amides is 1. The number of aliphatic hydroxyl groups excluding tert-OH is 2. The number of rotatable bonds is 17. The van der Waals surface area contributed by atoms with Crippen molar-refractivity contribution in [1.29, 1.82) is 0 Å². The molecule has 0 spiro atoms. The minimum Gasteiger partial charge on any atom is -0.494 e. The van der Waals surface area contributed by atoms with Gasteiger partial charge in [0.2, 0.25) is 5.91 Å². The largest absolute Gasteiger partial charge is 0.494 e. The molecule has 0 aliphatic carbocycles. The van der Waals surface area contributed by atoms with Crippen LogP contribution in [0.2, 0.25) is 0 Å². The lowest BCUT2D eigenvalue weighted by atomic mass is 9.89. The number of ketones is 1. The molecule has 8 heteroatoms. The summed E-state index contributed by atoms with van der Waals surface area (Å²) in [4.78, 5) is 28.6. The molecule has 0 aromatic heterocycles. The fraction of sp³-hybridized carbons (Fsp3) is 0.379. The van der Waals surface area contributed by atoms with Crippen LogP contribution in [-0.2, 0) is 17.6 Å². The van der Waals surface area contributed by atoms with Gasteiger partial charge in [-0.2, -0.15) is 0 Å². The van der Waals surface area contributed by atoms with Crippen molar-refractivity contribution in [3.05, 3.63) is 77.9 Å². The van der Waals surface area contributed by atoms with Crippen LogP contribution < -0.4 is 14.2 Å². The van der Waals surface area contributed by atoms with Gasteiger partial charge >= 0.3 is 0 Å². The number of nitrogens with zero attached hydrogens (tertiary/aromatic N) is 1. The third kappa shape index (κ3) is 7.93. The number of aliphatic hydroxyl groups is 2. The minimum absolute atomic E-state index is 0.0650. The molecule has 8 nitrogen and oxygen atoms in total. The second-order valence-corrected chi connectivity index (χ2v) is 8.05. The predicted octanol–water partition coefficient (Wildman–Crippen LogP) is 3.36. The van der Waals surface area contributed by atoms with Crippen molar-refractivity contribution in [3.63, 3.8) is 0 Å². The van der Waals surface area contributed by atoms with E-state index in [9.17, 15) is 19.8 Å². The van der Waals surface area contributed by atoms with Crippen molar-refractivity contribution >= 4 is 11.7 Å². The van der Waals surface area contributed by atoms with Gasteiger partial charge < -0.3 is 29.3 Å². The molecule has 2 aromatic rings. The summed E-state index contributed by atoms with van der Waals surface area (Å²) in [6.45, 7) is 11.7. The van der Waals surface area contributed by atoms with Crippen LogP contribution in [-0.4, -0.2) is 72.9 Å². The fourth-order valence-corrected chi connectivity index (χ4v) is 3.98. The highest BCUT2D eigenvalue weighted by molar-refractivity contribution is 6.12. The highest BCUT2D eigenvalue weighted by Gasteiger charge is 2.28. The molecule has 2 rings (SSSR count). The minimum atomic E-state index is -0.339. The summed E-state index contributed by atoms with van der Waals surface area (Å²) in [5.41, 5.74) is 1.84. The molecule has 0 unspecified atom stereocenters. The zero-order valence-electron chi connectivity index (χ0n) is 21.7. The molecule has 0 saturated carbocycles. The van der Waals surface area contributed by atoms with Gasteiger partial charge in [0.1, 0.15) is 30.5 Å². The van der Waals surface area contributed by atoms with Crippen LogP contribution in [0.15, 0.2) is 55.6 Å². The summed E-state index contributed by atoms with van der Waals surface area (Å²) >= 11 is 0. The van der Waals surface area contributed by atoms with Crippen molar-refractivity contribution in [1.82, 2.24) is 4.90 Å². The lowest BCUT2D eigenvalue weighted by Crippen LogP contribution is -2.37. The molecule has 0 heterocycles. The van der Waals surface area contributed by atoms with Gasteiger partial charge in [0.05, 0.1) is 31.8 Å².